The third-order valence-electron chi connectivity index (χ3n) is 3.23. The Kier molecular flexibility index (Phi) is 6.30. The van der Waals surface area contributed by atoms with Crippen molar-refractivity contribution in [2.75, 3.05) is 0 Å². The minimum absolute atomic E-state index is 0.0200. The maximum absolute atomic E-state index is 13.6. The van der Waals surface area contributed by atoms with Gasteiger partial charge in [-0.2, -0.15) is 0 Å². The van der Waals surface area contributed by atoms with Gasteiger partial charge in [-0.3, -0.25) is 20.4 Å². The average molecular weight is 369 g/mol. The Hall–Kier alpha value is -2.67. The normalized spacial score (nSPS) is 11.5. The SMILES string of the molecule is C[C@@H](Oc1ccccc1F)C(=O)NNC(=O)Cc1c(F)cccc1Cl. The second-order valence-electron chi connectivity index (χ2n) is 5.10. The average Bonchev–Trinajstić information content (AvgIpc) is 2.58. The minimum Gasteiger partial charge on any atom is -0.478 e. The van der Waals surface area contributed by atoms with Gasteiger partial charge in [-0.15, -0.1) is 0 Å². The molecule has 8 heteroatoms. The Balaban J connectivity index is 1.87. The van der Waals surface area contributed by atoms with Gasteiger partial charge in [-0.1, -0.05) is 29.8 Å². The van der Waals surface area contributed by atoms with Gasteiger partial charge in [0.15, 0.2) is 17.7 Å². The van der Waals surface area contributed by atoms with Gasteiger partial charge in [0.05, 0.1) is 6.42 Å². The smallest absolute Gasteiger partial charge is 0.279 e. The number of nitrogens with one attached hydrogen (secondary N) is 2. The third kappa shape index (κ3) is 5.15. The predicted molar refractivity (Wildman–Crippen MR) is 87.9 cm³/mol. The molecule has 0 saturated heterocycles. The minimum atomic E-state index is -1.06. The molecule has 25 heavy (non-hydrogen) atoms. The number of carbonyl (C=O) groups is 2. The zero-order valence-corrected chi connectivity index (χ0v) is 13.9. The van der Waals surface area contributed by atoms with E-state index in [1.54, 1.807) is 6.07 Å². The molecule has 0 aliphatic rings. The van der Waals surface area contributed by atoms with Gasteiger partial charge in [0, 0.05) is 10.6 Å². The third-order valence-corrected chi connectivity index (χ3v) is 3.59. The highest BCUT2D eigenvalue weighted by Crippen LogP contribution is 2.19. The summed E-state index contributed by atoms with van der Waals surface area (Å²) in [5, 5.41) is 0.109. The topological polar surface area (TPSA) is 67.4 Å². The fourth-order valence-corrected chi connectivity index (χ4v) is 2.15. The van der Waals surface area contributed by atoms with Crippen LogP contribution in [0.2, 0.25) is 5.02 Å². The number of amides is 2. The van der Waals surface area contributed by atoms with E-state index >= 15 is 0 Å². The molecule has 0 bridgehead atoms. The molecule has 0 saturated carbocycles. The summed E-state index contributed by atoms with van der Waals surface area (Å²) in [4.78, 5) is 23.7. The van der Waals surface area contributed by atoms with Crippen LogP contribution in [0.1, 0.15) is 12.5 Å². The maximum Gasteiger partial charge on any atom is 0.279 e. The van der Waals surface area contributed by atoms with Gasteiger partial charge in [0.25, 0.3) is 5.91 Å². The van der Waals surface area contributed by atoms with Gasteiger partial charge < -0.3 is 4.74 Å². The van der Waals surface area contributed by atoms with Crippen molar-refractivity contribution in [2.45, 2.75) is 19.4 Å². The van der Waals surface area contributed by atoms with Crippen molar-refractivity contribution in [2.24, 2.45) is 0 Å². The Morgan fingerprint density at radius 2 is 1.76 bits per heavy atom. The van der Waals surface area contributed by atoms with Crippen molar-refractivity contribution in [3.8, 4) is 5.75 Å². The molecule has 0 radical (unpaired) electrons. The first-order valence-corrected chi connectivity index (χ1v) is 7.69. The van der Waals surface area contributed by atoms with E-state index in [-0.39, 0.29) is 22.8 Å². The molecular formula is C17H15ClF2N2O3. The van der Waals surface area contributed by atoms with Crippen molar-refractivity contribution >= 4 is 23.4 Å². The summed E-state index contributed by atoms with van der Waals surface area (Å²) in [5.74, 6) is -2.69. The number of hydrogen-bond acceptors (Lipinski definition) is 3. The van der Waals surface area contributed by atoms with E-state index in [1.807, 2.05) is 0 Å². The van der Waals surface area contributed by atoms with Crippen LogP contribution in [-0.4, -0.2) is 17.9 Å². The predicted octanol–water partition coefficient (Wildman–Crippen LogP) is 2.78. The summed E-state index contributed by atoms with van der Waals surface area (Å²) < 4.78 is 32.3. The molecule has 0 aliphatic carbocycles. The van der Waals surface area contributed by atoms with E-state index < -0.39 is 29.6 Å². The molecular weight excluding hydrogens is 354 g/mol. The van der Waals surface area contributed by atoms with E-state index in [9.17, 15) is 18.4 Å². The van der Waals surface area contributed by atoms with Gasteiger partial charge in [-0.25, -0.2) is 8.78 Å². The lowest BCUT2D eigenvalue weighted by atomic mass is 10.1. The highest BCUT2D eigenvalue weighted by atomic mass is 35.5. The molecule has 1 atom stereocenters. The van der Waals surface area contributed by atoms with E-state index in [0.717, 1.165) is 0 Å². The number of hydrogen-bond donors (Lipinski definition) is 2. The second-order valence-corrected chi connectivity index (χ2v) is 5.51. The van der Waals surface area contributed by atoms with Crippen LogP contribution in [0.25, 0.3) is 0 Å². The molecule has 132 valence electrons. The summed E-state index contributed by atoms with van der Waals surface area (Å²) in [7, 11) is 0. The van der Waals surface area contributed by atoms with Crippen LogP contribution in [0.4, 0.5) is 8.78 Å². The number of halogens is 3. The van der Waals surface area contributed by atoms with Crippen LogP contribution >= 0.6 is 11.6 Å². The molecule has 2 rings (SSSR count). The van der Waals surface area contributed by atoms with Gasteiger partial charge in [0.2, 0.25) is 5.91 Å². The monoisotopic (exact) mass is 368 g/mol. The fourth-order valence-electron chi connectivity index (χ4n) is 1.92. The summed E-state index contributed by atoms with van der Waals surface area (Å²) in [6.07, 6.45) is -1.41. The fraction of sp³-hybridized carbons (Fsp3) is 0.176. The highest BCUT2D eigenvalue weighted by molar-refractivity contribution is 6.31. The van der Waals surface area contributed by atoms with E-state index in [0.29, 0.717) is 0 Å². The molecule has 2 amide bonds. The Labute approximate surface area is 147 Å². The molecule has 0 fully saturated rings. The van der Waals surface area contributed by atoms with Crippen molar-refractivity contribution in [1.82, 2.24) is 10.9 Å². The number of benzene rings is 2. The number of para-hydroxylation sites is 1. The lowest BCUT2D eigenvalue weighted by Gasteiger charge is -2.15. The lowest BCUT2D eigenvalue weighted by molar-refractivity contribution is -0.132. The standard InChI is InChI=1S/C17H15ClF2N2O3/c1-10(25-15-8-3-2-6-14(15)20)17(24)22-21-16(23)9-11-12(18)5-4-7-13(11)19/h2-8,10H,9H2,1H3,(H,21,23)(H,22,24)/t10-/m1/s1. The van der Waals surface area contributed by atoms with Crippen LogP contribution in [-0.2, 0) is 16.0 Å². The molecule has 0 unspecified atom stereocenters. The first-order valence-electron chi connectivity index (χ1n) is 7.31. The zero-order chi connectivity index (χ0) is 18.4. The van der Waals surface area contributed by atoms with Gasteiger partial charge >= 0.3 is 0 Å². The molecule has 0 aliphatic heterocycles. The molecule has 5 nitrogen and oxygen atoms in total. The van der Waals surface area contributed by atoms with Crippen LogP contribution in [0.15, 0.2) is 42.5 Å². The van der Waals surface area contributed by atoms with Crippen LogP contribution in [0.5, 0.6) is 5.75 Å². The van der Waals surface area contributed by atoms with Crippen LogP contribution < -0.4 is 15.6 Å². The van der Waals surface area contributed by atoms with Crippen molar-refractivity contribution < 1.29 is 23.1 Å². The van der Waals surface area contributed by atoms with Crippen LogP contribution in [0.3, 0.4) is 0 Å². The lowest BCUT2D eigenvalue weighted by Crippen LogP contribution is -2.47. The van der Waals surface area contributed by atoms with Gasteiger partial charge in [0.1, 0.15) is 5.82 Å². The largest absolute Gasteiger partial charge is 0.478 e. The maximum atomic E-state index is 13.6. The number of hydrazine groups is 1. The van der Waals surface area contributed by atoms with Crippen molar-refractivity contribution in [1.29, 1.82) is 0 Å². The summed E-state index contributed by atoms with van der Waals surface area (Å²) in [6, 6.07) is 9.66. The zero-order valence-electron chi connectivity index (χ0n) is 13.2. The van der Waals surface area contributed by atoms with Gasteiger partial charge in [-0.05, 0) is 31.2 Å². The second kappa shape index (κ2) is 8.43. The summed E-state index contributed by atoms with van der Waals surface area (Å²) in [5.41, 5.74) is 4.28. The number of carbonyl (C=O) groups excluding carboxylic acids is 2. The van der Waals surface area contributed by atoms with Crippen molar-refractivity contribution in [3.05, 3.63) is 64.7 Å². The van der Waals surface area contributed by atoms with E-state index in [1.165, 1.54) is 43.3 Å². The summed E-state index contributed by atoms with van der Waals surface area (Å²) >= 11 is 5.83. The van der Waals surface area contributed by atoms with Crippen molar-refractivity contribution in [3.63, 3.8) is 0 Å². The first-order chi connectivity index (χ1) is 11.9. The molecule has 2 aromatic carbocycles. The molecule has 2 N–H and O–H groups in total. The number of rotatable bonds is 5. The molecule has 0 heterocycles. The molecule has 2 aromatic rings. The molecule has 0 aromatic heterocycles. The highest BCUT2D eigenvalue weighted by Gasteiger charge is 2.18. The Morgan fingerprint density at radius 1 is 1.08 bits per heavy atom. The number of ether oxygens (including phenoxy) is 1. The first kappa shape index (κ1) is 18.7. The Bertz CT molecular complexity index is 766. The quantitative estimate of drug-likeness (QED) is 0.797. The van der Waals surface area contributed by atoms with E-state index in [4.69, 9.17) is 16.3 Å². The van der Waals surface area contributed by atoms with E-state index in [2.05, 4.69) is 10.9 Å². The Morgan fingerprint density at radius 3 is 2.44 bits per heavy atom. The summed E-state index contributed by atoms with van der Waals surface area (Å²) in [6.45, 7) is 1.39. The van der Waals surface area contributed by atoms with Crippen LogP contribution in [0, 0.1) is 11.6 Å². The molecule has 0 spiro atoms.